The van der Waals surface area contributed by atoms with Gasteiger partial charge in [-0.05, 0) is 42.7 Å². The summed E-state index contributed by atoms with van der Waals surface area (Å²) in [5.74, 6) is 0.589. The van der Waals surface area contributed by atoms with Crippen LogP contribution >= 0.6 is 35.0 Å². The molecule has 0 saturated heterocycles. The highest BCUT2D eigenvalue weighted by Gasteiger charge is 2.31. The normalized spacial score (nSPS) is 11.8. The molecule has 7 heteroatoms. The predicted octanol–water partition coefficient (Wildman–Crippen LogP) is 7.20. The standard InChI is InChI=1S/C30H34Cl2N2O2S/c1-21(2)19-33-30(36)28(18-23-8-5-4-6-9-23)34(20-25-26(31)10-7-11-27(25)32)29(35)16-17-37-24-14-12-22(3)13-15-24/h4-15,21,28H,16-20H2,1-3H3,(H,33,36). The zero-order valence-corrected chi connectivity index (χ0v) is 23.9. The summed E-state index contributed by atoms with van der Waals surface area (Å²) in [6, 6.07) is 22.6. The van der Waals surface area contributed by atoms with E-state index < -0.39 is 6.04 Å². The van der Waals surface area contributed by atoms with E-state index in [0.29, 0.717) is 34.3 Å². The number of nitrogens with one attached hydrogen (secondary N) is 1. The maximum absolute atomic E-state index is 13.7. The Morgan fingerprint density at radius 2 is 1.57 bits per heavy atom. The Morgan fingerprint density at radius 3 is 2.19 bits per heavy atom. The molecule has 0 aliphatic carbocycles. The molecule has 37 heavy (non-hydrogen) atoms. The molecule has 0 radical (unpaired) electrons. The number of aryl methyl sites for hydroxylation is 1. The fraction of sp³-hybridized carbons (Fsp3) is 0.333. The number of halogens is 2. The smallest absolute Gasteiger partial charge is 0.243 e. The minimum absolute atomic E-state index is 0.115. The first kappa shape index (κ1) is 29.1. The van der Waals surface area contributed by atoms with Crippen LogP contribution in [0.25, 0.3) is 0 Å². The number of carbonyl (C=O) groups excluding carboxylic acids is 2. The molecule has 4 nitrogen and oxygen atoms in total. The molecule has 1 atom stereocenters. The van der Waals surface area contributed by atoms with E-state index in [1.807, 2.05) is 51.1 Å². The summed E-state index contributed by atoms with van der Waals surface area (Å²) >= 11 is 14.6. The van der Waals surface area contributed by atoms with Crippen LogP contribution in [0.5, 0.6) is 0 Å². The Labute approximate surface area is 234 Å². The average Bonchev–Trinajstić information content (AvgIpc) is 2.88. The molecule has 0 aliphatic heterocycles. The predicted molar refractivity (Wildman–Crippen MR) is 155 cm³/mol. The lowest BCUT2D eigenvalue weighted by Gasteiger charge is -2.32. The van der Waals surface area contributed by atoms with Gasteiger partial charge in [-0.25, -0.2) is 0 Å². The second-order valence-corrected chi connectivity index (χ2v) is 11.5. The van der Waals surface area contributed by atoms with E-state index in [0.717, 1.165) is 10.5 Å². The summed E-state index contributed by atoms with van der Waals surface area (Å²) in [5, 5.41) is 3.98. The van der Waals surface area contributed by atoms with Crippen LogP contribution in [0.1, 0.15) is 37.0 Å². The molecule has 0 bridgehead atoms. The Kier molecular flexibility index (Phi) is 11.4. The van der Waals surface area contributed by atoms with Crippen molar-refractivity contribution < 1.29 is 9.59 Å². The third-order valence-corrected chi connectivity index (χ3v) is 7.67. The average molecular weight is 558 g/mol. The molecule has 196 valence electrons. The van der Waals surface area contributed by atoms with E-state index >= 15 is 0 Å². The molecule has 2 amide bonds. The van der Waals surface area contributed by atoms with Crippen LogP contribution in [0.15, 0.2) is 77.7 Å². The van der Waals surface area contributed by atoms with Gasteiger partial charge in [0.05, 0.1) is 0 Å². The Hall–Kier alpha value is -2.47. The van der Waals surface area contributed by atoms with Crippen LogP contribution < -0.4 is 5.32 Å². The topological polar surface area (TPSA) is 49.4 Å². The van der Waals surface area contributed by atoms with Crippen LogP contribution in [0, 0.1) is 12.8 Å². The van der Waals surface area contributed by atoms with Crippen LogP contribution in [0.3, 0.4) is 0 Å². The number of hydrogen-bond donors (Lipinski definition) is 1. The number of rotatable bonds is 12. The molecule has 0 aliphatic rings. The van der Waals surface area contributed by atoms with Gasteiger partial charge in [0.2, 0.25) is 11.8 Å². The highest BCUT2D eigenvalue weighted by atomic mass is 35.5. The van der Waals surface area contributed by atoms with Crippen LogP contribution in [-0.2, 0) is 22.6 Å². The lowest BCUT2D eigenvalue weighted by Crippen LogP contribution is -2.51. The summed E-state index contributed by atoms with van der Waals surface area (Å²) in [6.45, 7) is 6.82. The maximum Gasteiger partial charge on any atom is 0.243 e. The number of amides is 2. The zero-order valence-electron chi connectivity index (χ0n) is 21.5. The quantitative estimate of drug-likeness (QED) is 0.240. The van der Waals surface area contributed by atoms with Gasteiger partial charge in [0.15, 0.2) is 0 Å². The Morgan fingerprint density at radius 1 is 0.919 bits per heavy atom. The first-order valence-corrected chi connectivity index (χ1v) is 14.2. The highest BCUT2D eigenvalue weighted by Crippen LogP contribution is 2.28. The molecule has 3 aromatic carbocycles. The van der Waals surface area contributed by atoms with Gasteiger partial charge in [-0.3, -0.25) is 9.59 Å². The zero-order chi connectivity index (χ0) is 26.8. The molecular weight excluding hydrogens is 523 g/mol. The van der Waals surface area contributed by atoms with Gasteiger partial charge in [0.1, 0.15) is 6.04 Å². The molecule has 0 saturated carbocycles. The fourth-order valence-electron chi connectivity index (χ4n) is 3.86. The molecule has 1 N–H and O–H groups in total. The summed E-state index contributed by atoms with van der Waals surface area (Å²) in [7, 11) is 0. The van der Waals surface area contributed by atoms with Gasteiger partial charge in [-0.1, -0.05) is 91.1 Å². The van der Waals surface area contributed by atoms with Crippen molar-refractivity contribution >= 4 is 46.8 Å². The number of carbonyl (C=O) groups is 2. The van der Waals surface area contributed by atoms with Gasteiger partial charge in [-0.15, -0.1) is 11.8 Å². The van der Waals surface area contributed by atoms with Crippen molar-refractivity contribution in [3.63, 3.8) is 0 Å². The van der Waals surface area contributed by atoms with E-state index in [9.17, 15) is 9.59 Å². The van der Waals surface area contributed by atoms with E-state index in [1.165, 1.54) is 5.56 Å². The Bertz CT molecular complexity index is 1150. The lowest BCUT2D eigenvalue weighted by atomic mass is 10.0. The minimum atomic E-state index is -0.703. The molecule has 1 unspecified atom stereocenters. The monoisotopic (exact) mass is 556 g/mol. The summed E-state index contributed by atoms with van der Waals surface area (Å²) < 4.78 is 0. The molecule has 0 heterocycles. The van der Waals surface area contributed by atoms with Crippen molar-refractivity contribution in [2.45, 2.75) is 51.1 Å². The van der Waals surface area contributed by atoms with Crippen LogP contribution in [0.2, 0.25) is 10.0 Å². The van der Waals surface area contributed by atoms with Gasteiger partial charge in [0, 0.05) is 52.2 Å². The Balaban J connectivity index is 1.88. The van der Waals surface area contributed by atoms with Crippen molar-refractivity contribution in [3.05, 3.63) is 99.5 Å². The first-order chi connectivity index (χ1) is 17.7. The van der Waals surface area contributed by atoms with E-state index in [4.69, 9.17) is 23.2 Å². The number of benzene rings is 3. The largest absolute Gasteiger partial charge is 0.354 e. The van der Waals surface area contributed by atoms with Crippen molar-refractivity contribution in [2.24, 2.45) is 5.92 Å². The van der Waals surface area contributed by atoms with Crippen LogP contribution in [-0.4, -0.2) is 35.1 Å². The molecule has 0 aromatic heterocycles. The highest BCUT2D eigenvalue weighted by molar-refractivity contribution is 7.99. The van der Waals surface area contributed by atoms with Gasteiger partial charge >= 0.3 is 0 Å². The van der Waals surface area contributed by atoms with Crippen molar-refractivity contribution in [2.75, 3.05) is 12.3 Å². The first-order valence-electron chi connectivity index (χ1n) is 12.5. The lowest BCUT2D eigenvalue weighted by molar-refractivity contribution is -0.141. The second kappa shape index (κ2) is 14.5. The SMILES string of the molecule is Cc1ccc(SCCC(=O)N(Cc2c(Cl)cccc2Cl)C(Cc2ccccc2)C(=O)NCC(C)C)cc1. The third-order valence-electron chi connectivity index (χ3n) is 5.95. The summed E-state index contributed by atoms with van der Waals surface area (Å²) in [4.78, 5) is 30.0. The second-order valence-electron chi connectivity index (χ2n) is 9.48. The third kappa shape index (κ3) is 9.10. The minimum Gasteiger partial charge on any atom is -0.354 e. The fourth-order valence-corrected chi connectivity index (χ4v) is 5.22. The van der Waals surface area contributed by atoms with Gasteiger partial charge in [-0.2, -0.15) is 0 Å². The number of thioether (sulfide) groups is 1. The van der Waals surface area contributed by atoms with Crippen molar-refractivity contribution in [3.8, 4) is 0 Å². The summed E-state index contributed by atoms with van der Waals surface area (Å²) in [6.07, 6.45) is 0.674. The van der Waals surface area contributed by atoms with E-state index in [-0.39, 0.29) is 30.7 Å². The molecule has 0 fully saturated rings. The molecule has 3 rings (SSSR count). The van der Waals surface area contributed by atoms with E-state index in [2.05, 4.69) is 29.6 Å². The molecular formula is C30H34Cl2N2O2S. The van der Waals surface area contributed by atoms with E-state index in [1.54, 1.807) is 34.9 Å². The van der Waals surface area contributed by atoms with Gasteiger partial charge < -0.3 is 10.2 Å². The van der Waals surface area contributed by atoms with Crippen molar-refractivity contribution in [1.82, 2.24) is 10.2 Å². The van der Waals surface area contributed by atoms with Gasteiger partial charge in [0.25, 0.3) is 0 Å². The summed E-state index contributed by atoms with van der Waals surface area (Å²) in [5.41, 5.74) is 2.81. The van der Waals surface area contributed by atoms with Crippen molar-refractivity contribution in [1.29, 1.82) is 0 Å². The number of nitrogens with zero attached hydrogens (tertiary/aromatic N) is 1. The van der Waals surface area contributed by atoms with Crippen LogP contribution in [0.4, 0.5) is 0 Å². The molecule has 3 aromatic rings. The maximum atomic E-state index is 13.7. The number of hydrogen-bond acceptors (Lipinski definition) is 3. The molecule has 0 spiro atoms.